The number of anilines is 1. The van der Waals surface area contributed by atoms with Crippen LogP contribution in [0, 0.1) is 6.92 Å². The Kier molecular flexibility index (Phi) is 4.06. The Morgan fingerprint density at radius 2 is 1.92 bits per heavy atom. The van der Waals surface area contributed by atoms with Crippen LogP contribution in [-0.2, 0) is 12.8 Å². The minimum absolute atomic E-state index is 0.137. The quantitative estimate of drug-likeness (QED) is 0.788. The maximum Gasteiger partial charge on any atom is 0.263 e. The van der Waals surface area contributed by atoms with E-state index in [1.54, 1.807) is 17.7 Å². The normalized spacial score (nSPS) is 17.0. The Hall–Kier alpha value is -2.21. The molecular weight excluding hydrogens is 320 g/mol. The average molecular weight is 340 g/mol. The van der Waals surface area contributed by atoms with Crippen molar-refractivity contribution in [1.82, 2.24) is 14.9 Å². The molecular formula is C18H20N4OS. The molecule has 2 aromatic rings. The molecule has 2 aliphatic heterocycles. The fourth-order valence-corrected chi connectivity index (χ4v) is 4.18. The summed E-state index contributed by atoms with van der Waals surface area (Å²) in [5, 5.41) is 0. The van der Waals surface area contributed by atoms with Gasteiger partial charge in [-0.15, -0.1) is 11.3 Å². The number of amides is 1. The van der Waals surface area contributed by atoms with Gasteiger partial charge >= 0.3 is 0 Å². The topological polar surface area (TPSA) is 49.3 Å². The fourth-order valence-electron chi connectivity index (χ4n) is 3.34. The average Bonchev–Trinajstić information content (AvgIpc) is 3.22. The van der Waals surface area contributed by atoms with Gasteiger partial charge in [-0.05, 0) is 25.5 Å². The van der Waals surface area contributed by atoms with Gasteiger partial charge in [-0.3, -0.25) is 4.79 Å². The Morgan fingerprint density at radius 3 is 2.67 bits per heavy atom. The summed E-state index contributed by atoms with van der Waals surface area (Å²) in [5.74, 6) is 1.17. The van der Waals surface area contributed by atoms with E-state index in [2.05, 4.69) is 27.0 Å². The second kappa shape index (κ2) is 6.36. The van der Waals surface area contributed by atoms with Crippen LogP contribution < -0.4 is 4.90 Å². The number of rotatable bonds is 2. The van der Waals surface area contributed by atoms with Crippen LogP contribution in [0.25, 0.3) is 0 Å². The molecule has 0 atom stereocenters. The summed E-state index contributed by atoms with van der Waals surface area (Å²) in [6, 6.07) is 3.94. The summed E-state index contributed by atoms with van der Waals surface area (Å²) in [6.45, 7) is 5.29. The summed E-state index contributed by atoms with van der Waals surface area (Å²) in [6.07, 6.45) is 7.60. The zero-order valence-electron chi connectivity index (χ0n) is 13.7. The Labute approximate surface area is 145 Å². The predicted octanol–water partition coefficient (Wildman–Crippen LogP) is 2.46. The molecule has 0 saturated heterocycles. The van der Waals surface area contributed by atoms with Crippen molar-refractivity contribution in [3.8, 4) is 0 Å². The van der Waals surface area contributed by atoms with Crippen LogP contribution in [0.5, 0.6) is 0 Å². The van der Waals surface area contributed by atoms with Gasteiger partial charge in [0.2, 0.25) is 0 Å². The van der Waals surface area contributed by atoms with E-state index in [-0.39, 0.29) is 5.91 Å². The number of thiophene rings is 1. The molecule has 0 radical (unpaired) electrons. The first-order valence-electron chi connectivity index (χ1n) is 8.31. The SMILES string of the molecule is Cc1ccc(C(=O)N2CCc3ncnc(N4CC=CC4)c3CC2)s1. The molecule has 0 aliphatic carbocycles. The maximum absolute atomic E-state index is 12.7. The third-order valence-corrected chi connectivity index (χ3v) is 5.61. The molecule has 0 N–H and O–H groups in total. The second-order valence-electron chi connectivity index (χ2n) is 6.20. The van der Waals surface area contributed by atoms with E-state index in [4.69, 9.17) is 0 Å². The van der Waals surface area contributed by atoms with Crippen molar-refractivity contribution in [3.63, 3.8) is 0 Å². The van der Waals surface area contributed by atoms with Crippen molar-refractivity contribution < 1.29 is 4.79 Å². The van der Waals surface area contributed by atoms with E-state index in [0.717, 1.165) is 55.4 Å². The Balaban J connectivity index is 1.55. The summed E-state index contributed by atoms with van der Waals surface area (Å²) >= 11 is 1.57. The van der Waals surface area contributed by atoms with Crippen LogP contribution >= 0.6 is 11.3 Å². The molecule has 4 heterocycles. The maximum atomic E-state index is 12.7. The predicted molar refractivity (Wildman–Crippen MR) is 95.8 cm³/mol. The molecule has 6 heteroatoms. The summed E-state index contributed by atoms with van der Waals surface area (Å²) in [4.78, 5) is 28.0. The van der Waals surface area contributed by atoms with E-state index < -0.39 is 0 Å². The molecule has 2 aromatic heterocycles. The molecule has 124 valence electrons. The monoisotopic (exact) mass is 340 g/mol. The van der Waals surface area contributed by atoms with Crippen molar-refractivity contribution >= 4 is 23.1 Å². The van der Waals surface area contributed by atoms with Crippen molar-refractivity contribution in [2.75, 3.05) is 31.1 Å². The second-order valence-corrected chi connectivity index (χ2v) is 7.49. The number of aryl methyl sites for hydroxylation is 1. The molecule has 0 aromatic carbocycles. The molecule has 0 bridgehead atoms. The number of hydrogen-bond acceptors (Lipinski definition) is 5. The molecule has 0 spiro atoms. The molecule has 0 unspecified atom stereocenters. The zero-order valence-corrected chi connectivity index (χ0v) is 14.6. The van der Waals surface area contributed by atoms with Gasteiger partial charge in [-0.2, -0.15) is 0 Å². The van der Waals surface area contributed by atoms with Crippen molar-refractivity contribution in [3.05, 3.63) is 51.6 Å². The number of carbonyl (C=O) groups is 1. The minimum atomic E-state index is 0.137. The first kappa shape index (κ1) is 15.3. The third-order valence-electron chi connectivity index (χ3n) is 4.62. The fraction of sp³-hybridized carbons (Fsp3) is 0.389. The van der Waals surface area contributed by atoms with Gasteiger partial charge in [0.15, 0.2) is 0 Å². The van der Waals surface area contributed by atoms with Crippen LogP contribution in [0.3, 0.4) is 0 Å². The van der Waals surface area contributed by atoms with E-state index in [9.17, 15) is 4.79 Å². The van der Waals surface area contributed by atoms with Gasteiger partial charge in [-0.25, -0.2) is 9.97 Å². The number of carbonyl (C=O) groups excluding carboxylic acids is 1. The summed E-state index contributed by atoms with van der Waals surface area (Å²) in [5.41, 5.74) is 2.29. The molecule has 0 saturated carbocycles. The lowest BCUT2D eigenvalue weighted by Crippen LogP contribution is -2.32. The van der Waals surface area contributed by atoms with Crippen LogP contribution in [0.1, 0.15) is 25.8 Å². The Bertz CT molecular complexity index is 790. The summed E-state index contributed by atoms with van der Waals surface area (Å²) in [7, 11) is 0. The van der Waals surface area contributed by atoms with Crippen LogP contribution in [0.15, 0.2) is 30.6 Å². The summed E-state index contributed by atoms with van der Waals surface area (Å²) < 4.78 is 0. The molecule has 24 heavy (non-hydrogen) atoms. The first-order valence-corrected chi connectivity index (χ1v) is 9.12. The van der Waals surface area contributed by atoms with E-state index in [1.165, 1.54) is 10.4 Å². The molecule has 0 fully saturated rings. The standard InChI is InChI=1S/C18H20N4OS/c1-13-4-5-16(24-13)18(23)22-10-6-14-15(7-11-22)19-12-20-17(14)21-8-2-3-9-21/h2-5,12H,6-11H2,1H3. The van der Waals surface area contributed by atoms with Crippen LogP contribution in [-0.4, -0.2) is 47.0 Å². The highest BCUT2D eigenvalue weighted by Gasteiger charge is 2.25. The van der Waals surface area contributed by atoms with Crippen molar-refractivity contribution in [2.24, 2.45) is 0 Å². The largest absolute Gasteiger partial charge is 0.349 e. The van der Waals surface area contributed by atoms with Crippen molar-refractivity contribution in [2.45, 2.75) is 19.8 Å². The minimum Gasteiger partial charge on any atom is -0.349 e. The lowest BCUT2D eigenvalue weighted by molar-refractivity contribution is 0.0768. The highest BCUT2D eigenvalue weighted by atomic mass is 32.1. The van der Waals surface area contributed by atoms with Gasteiger partial charge < -0.3 is 9.80 Å². The number of hydrogen-bond donors (Lipinski definition) is 0. The first-order chi connectivity index (χ1) is 11.7. The van der Waals surface area contributed by atoms with Crippen molar-refractivity contribution in [1.29, 1.82) is 0 Å². The van der Waals surface area contributed by atoms with Gasteiger partial charge in [-0.1, -0.05) is 12.2 Å². The highest BCUT2D eigenvalue weighted by molar-refractivity contribution is 7.13. The van der Waals surface area contributed by atoms with Crippen LogP contribution in [0.2, 0.25) is 0 Å². The molecule has 4 rings (SSSR count). The smallest absolute Gasteiger partial charge is 0.263 e. The molecule has 5 nitrogen and oxygen atoms in total. The molecule has 1 amide bonds. The Morgan fingerprint density at radius 1 is 1.12 bits per heavy atom. The zero-order chi connectivity index (χ0) is 16.5. The van der Waals surface area contributed by atoms with Gasteiger partial charge in [0, 0.05) is 43.0 Å². The van der Waals surface area contributed by atoms with Gasteiger partial charge in [0.05, 0.1) is 10.6 Å². The third kappa shape index (κ3) is 2.82. The van der Waals surface area contributed by atoms with Crippen LogP contribution in [0.4, 0.5) is 5.82 Å². The molecule has 2 aliphatic rings. The highest BCUT2D eigenvalue weighted by Crippen LogP contribution is 2.26. The lowest BCUT2D eigenvalue weighted by Gasteiger charge is -2.21. The van der Waals surface area contributed by atoms with E-state index in [0.29, 0.717) is 0 Å². The van der Waals surface area contributed by atoms with Gasteiger partial charge in [0.1, 0.15) is 12.1 Å². The number of aromatic nitrogens is 2. The lowest BCUT2D eigenvalue weighted by atomic mass is 10.1. The number of fused-ring (bicyclic) bond motifs is 1. The van der Waals surface area contributed by atoms with E-state index >= 15 is 0 Å². The van der Waals surface area contributed by atoms with E-state index in [1.807, 2.05) is 24.0 Å². The number of nitrogens with zero attached hydrogens (tertiary/aromatic N) is 4. The van der Waals surface area contributed by atoms with Gasteiger partial charge in [0.25, 0.3) is 5.91 Å².